The molecule has 5 unspecified atom stereocenters. The molecule has 0 heterocycles. The van der Waals surface area contributed by atoms with Crippen LogP contribution in [0.15, 0.2) is 30.3 Å². The first-order valence-electron chi connectivity index (χ1n) is 8.92. The number of benzene rings is 1. The smallest absolute Gasteiger partial charge is 0.0642 e. The van der Waals surface area contributed by atoms with Crippen LogP contribution in [0.1, 0.15) is 70.8 Å². The van der Waals surface area contributed by atoms with Gasteiger partial charge in [-0.05, 0) is 29.7 Å². The summed E-state index contributed by atoms with van der Waals surface area (Å²) in [5.41, 5.74) is 1.32. The molecule has 5 atom stereocenters. The third-order valence-electron chi connectivity index (χ3n) is 5.74. The van der Waals surface area contributed by atoms with E-state index in [4.69, 9.17) is 0 Å². The topological polar surface area (TPSA) is 20.2 Å². The Hall–Kier alpha value is -0.820. The molecule has 1 aromatic rings. The van der Waals surface area contributed by atoms with Crippen LogP contribution in [-0.4, -0.2) is 11.2 Å². The zero-order valence-electron chi connectivity index (χ0n) is 14.0. The zero-order valence-corrected chi connectivity index (χ0v) is 14.0. The predicted molar refractivity (Wildman–Crippen MR) is 90.4 cm³/mol. The minimum Gasteiger partial charge on any atom is -0.392 e. The van der Waals surface area contributed by atoms with Crippen molar-refractivity contribution < 1.29 is 5.11 Å². The number of aliphatic hydroxyl groups is 1. The maximum Gasteiger partial charge on any atom is 0.0642 e. The van der Waals surface area contributed by atoms with Crippen LogP contribution in [0.5, 0.6) is 0 Å². The predicted octanol–water partition coefficient (Wildman–Crippen LogP) is 5.39. The first-order valence-corrected chi connectivity index (χ1v) is 8.92. The highest BCUT2D eigenvalue weighted by atomic mass is 16.3. The molecule has 1 saturated carbocycles. The van der Waals surface area contributed by atoms with E-state index in [1.165, 1.54) is 37.7 Å². The van der Waals surface area contributed by atoms with Gasteiger partial charge in [-0.15, -0.1) is 0 Å². The van der Waals surface area contributed by atoms with Gasteiger partial charge in [0.1, 0.15) is 0 Å². The van der Waals surface area contributed by atoms with Crippen molar-refractivity contribution in [2.24, 2.45) is 17.8 Å². The largest absolute Gasteiger partial charge is 0.392 e. The van der Waals surface area contributed by atoms with Gasteiger partial charge < -0.3 is 5.11 Å². The molecule has 1 aliphatic rings. The van der Waals surface area contributed by atoms with Crippen molar-refractivity contribution in [3.8, 4) is 0 Å². The first-order chi connectivity index (χ1) is 10.2. The molecule has 1 fully saturated rings. The highest BCUT2D eigenvalue weighted by molar-refractivity contribution is 5.22. The average Bonchev–Trinajstić information content (AvgIpc) is 2.55. The van der Waals surface area contributed by atoms with Gasteiger partial charge in [-0.2, -0.15) is 0 Å². The van der Waals surface area contributed by atoms with Gasteiger partial charge in [-0.3, -0.25) is 0 Å². The van der Waals surface area contributed by atoms with Crippen LogP contribution < -0.4 is 0 Å². The lowest BCUT2D eigenvalue weighted by molar-refractivity contribution is 0.0125. The van der Waals surface area contributed by atoms with Crippen LogP contribution in [0, 0.1) is 17.8 Å². The Morgan fingerprint density at radius 2 is 1.76 bits per heavy atom. The van der Waals surface area contributed by atoms with E-state index >= 15 is 0 Å². The van der Waals surface area contributed by atoms with Crippen LogP contribution >= 0.6 is 0 Å². The minimum absolute atomic E-state index is 0.187. The standard InChI is InChI=1S/C20H32O/c1-4-15(3)19(17-12-7-6-8-13-17)20(21)18-14-10-9-11-16(18)5-2/h6-8,12-13,15-16,18-21H,4-5,9-11,14H2,1-3H3. The van der Waals surface area contributed by atoms with E-state index in [9.17, 15) is 5.11 Å². The van der Waals surface area contributed by atoms with E-state index in [1.807, 2.05) is 0 Å². The van der Waals surface area contributed by atoms with Gasteiger partial charge in [0.15, 0.2) is 0 Å². The van der Waals surface area contributed by atoms with Crippen LogP contribution in [0.25, 0.3) is 0 Å². The van der Waals surface area contributed by atoms with Crippen LogP contribution in [0.4, 0.5) is 0 Å². The van der Waals surface area contributed by atoms with Crippen LogP contribution in [0.2, 0.25) is 0 Å². The highest BCUT2D eigenvalue weighted by Gasteiger charge is 2.36. The van der Waals surface area contributed by atoms with Crippen molar-refractivity contribution in [1.29, 1.82) is 0 Å². The van der Waals surface area contributed by atoms with E-state index in [0.29, 0.717) is 17.8 Å². The second-order valence-electron chi connectivity index (χ2n) is 6.93. The Bertz CT molecular complexity index is 400. The summed E-state index contributed by atoms with van der Waals surface area (Å²) in [5.74, 6) is 2.02. The number of hydrogen-bond donors (Lipinski definition) is 1. The van der Waals surface area contributed by atoms with Gasteiger partial charge in [-0.1, -0.05) is 83.2 Å². The van der Waals surface area contributed by atoms with E-state index in [-0.39, 0.29) is 12.0 Å². The third kappa shape index (κ3) is 3.88. The van der Waals surface area contributed by atoms with E-state index < -0.39 is 0 Å². The fraction of sp³-hybridized carbons (Fsp3) is 0.700. The summed E-state index contributed by atoms with van der Waals surface area (Å²) in [7, 11) is 0. The lowest BCUT2D eigenvalue weighted by Gasteiger charge is -2.40. The average molecular weight is 288 g/mol. The molecule has 1 N–H and O–H groups in total. The fourth-order valence-corrected chi connectivity index (χ4v) is 4.25. The summed E-state index contributed by atoms with van der Waals surface area (Å²) in [4.78, 5) is 0. The van der Waals surface area contributed by atoms with Gasteiger partial charge in [-0.25, -0.2) is 0 Å². The number of aliphatic hydroxyl groups excluding tert-OH is 1. The lowest BCUT2D eigenvalue weighted by atomic mass is 9.68. The van der Waals surface area contributed by atoms with E-state index in [2.05, 4.69) is 51.1 Å². The van der Waals surface area contributed by atoms with Crippen LogP contribution in [0.3, 0.4) is 0 Å². The summed E-state index contributed by atoms with van der Waals surface area (Å²) >= 11 is 0. The molecular weight excluding hydrogens is 256 g/mol. The lowest BCUT2D eigenvalue weighted by Crippen LogP contribution is -2.37. The number of hydrogen-bond acceptors (Lipinski definition) is 1. The summed E-state index contributed by atoms with van der Waals surface area (Å²) in [6, 6.07) is 10.7. The first kappa shape index (κ1) is 16.5. The second kappa shape index (κ2) is 7.98. The molecule has 1 nitrogen and oxygen atoms in total. The van der Waals surface area contributed by atoms with Gasteiger partial charge in [0.2, 0.25) is 0 Å². The molecule has 1 aliphatic carbocycles. The van der Waals surface area contributed by atoms with Crippen LogP contribution in [-0.2, 0) is 0 Å². The molecule has 1 aromatic carbocycles. The molecule has 21 heavy (non-hydrogen) atoms. The summed E-state index contributed by atoms with van der Waals surface area (Å²) in [6.07, 6.45) is 7.30. The van der Waals surface area contributed by atoms with Gasteiger partial charge in [0.05, 0.1) is 6.10 Å². The summed E-state index contributed by atoms with van der Waals surface area (Å²) in [6.45, 7) is 6.83. The Morgan fingerprint density at radius 3 is 2.38 bits per heavy atom. The maximum absolute atomic E-state index is 11.2. The molecule has 0 amide bonds. The van der Waals surface area contributed by atoms with E-state index in [1.54, 1.807) is 0 Å². The zero-order chi connectivity index (χ0) is 15.2. The van der Waals surface area contributed by atoms with Crippen molar-refractivity contribution in [2.45, 2.75) is 71.3 Å². The highest BCUT2D eigenvalue weighted by Crippen LogP contribution is 2.41. The molecule has 2 rings (SSSR count). The molecular formula is C20H32O. The summed E-state index contributed by atoms with van der Waals surface area (Å²) in [5, 5.41) is 11.2. The Kier molecular flexibility index (Phi) is 6.29. The molecule has 0 bridgehead atoms. The monoisotopic (exact) mass is 288 g/mol. The normalized spacial score (nSPS) is 27.0. The molecule has 1 heteroatoms. The molecule has 118 valence electrons. The Labute approximate surface area is 130 Å². The van der Waals surface area contributed by atoms with Gasteiger partial charge >= 0.3 is 0 Å². The molecule has 0 aliphatic heterocycles. The third-order valence-corrected chi connectivity index (χ3v) is 5.74. The molecule has 0 aromatic heterocycles. The molecule has 0 saturated heterocycles. The minimum atomic E-state index is -0.187. The number of rotatable bonds is 6. The Balaban J connectivity index is 2.23. The second-order valence-corrected chi connectivity index (χ2v) is 6.93. The quantitative estimate of drug-likeness (QED) is 0.743. The van der Waals surface area contributed by atoms with Crippen molar-refractivity contribution in [1.82, 2.24) is 0 Å². The van der Waals surface area contributed by atoms with Gasteiger partial charge in [0.25, 0.3) is 0 Å². The molecule has 0 spiro atoms. The van der Waals surface area contributed by atoms with E-state index in [0.717, 1.165) is 6.42 Å². The van der Waals surface area contributed by atoms with Crippen molar-refractivity contribution >= 4 is 0 Å². The van der Waals surface area contributed by atoms with Crippen molar-refractivity contribution in [2.75, 3.05) is 0 Å². The summed E-state index contributed by atoms with van der Waals surface area (Å²) < 4.78 is 0. The Morgan fingerprint density at radius 1 is 1.10 bits per heavy atom. The van der Waals surface area contributed by atoms with Crippen molar-refractivity contribution in [3.05, 3.63) is 35.9 Å². The fourth-order valence-electron chi connectivity index (χ4n) is 4.25. The van der Waals surface area contributed by atoms with Gasteiger partial charge in [0, 0.05) is 5.92 Å². The maximum atomic E-state index is 11.2. The SMILES string of the molecule is CCC(C)C(c1ccccc1)C(O)C1CCCCC1CC. The van der Waals surface area contributed by atoms with Crippen molar-refractivity contribution in [3.63, 3.8) is 0 Å². The molecule has 0 radical (unpaired) electrons.